The number of fused-ring (bicyclic) bond motifs is 1. The Bertz CT molecular complexity index is 970. The van der Waals surface area contributed by atoms with Gasteiger partial charge in [0, 0.05) is 12.1 Å². The first-order chi connectivity index (χ1) is 12.7. The molecule has 4 rings (SSSR count). The highest BCUT2D eigenvalue weighted by Gasteiger charge is 2.26. The molecular formula is C19H16ClN3O3. The summed E-state index contributed by atoms with van der Waals surface area (Å²) in [7, 11) is 0. The first-order valence-corrected chi connectivity index (χ1v) is 8.71. The molecule has 1 amide bonds. The van der Waals surface area contributed by atoms with Gasteiger partial charge in [-0.2, -0.15) is 4.98 Å². The lowest BCUT2D eigenvalue weighted by Gasteiger charge is -2.29. The molecule has 0 aliphatic carbocycles. The third-order valence-electron chi connectivity index (χ3n) is 4.14. The van der Waals surface area contributed by atoms with Crippen molar-refractivity contribution in [2.24, 2.45) is 0 Å². The number of hydrogen-bond acceptors (Lipinski definition) is 5. The van der Waals surface area contributed by atoms with Gasteiger partial charge in [0.1, 0.15) is 5.75 Å². The van der Waals surface area contributed by atoms with Crippen LogP contribution in [0.5, 0.6) is 5.75 Å². The van der Waals surface area contributed by atoms with Crippen molar-refractivity contribution >= 4 is 23.2 Å². The molecule has 0 fully saturated rings. The number of rotatable bonds is 4. The number of nitrogens with zero attached hydrogens (tertiary/aromatic N) is 3. The maximum absolute atomic E-state index is 12.2. The molecule has 26 heavy (non-hydrogen) atoms. The Morgan fingerprint density at radius 2 is 2.08 bits per heavy atom. The van der Waals surface area contributed by atoms with Gasteiger partial charge >= 0.3 is 0 Å². The number of ether oxygens (including phenoxy) is 1. The van der Waals surface area contributed by atoms with Crippen LogP contribution in [0.1, 0.15) is 13.3 Å². The van der Waals surface area contributed by atoms with Crippen LogP contribution in [0.15, 0.2) is 47.0 Å². The summed E-state index contributed by atoms with van der Waals surface area (Å²) in [6, 6.07) is 12.8. The average molecular weight is 370 g/mol. The highest BCUT2D eigenvalue weighted by atomic mass is 35.5. The number of hydrogen-bond donors (Lipinski definition) is 0. The number of carbonyl (C=O) groups is 1. The van der Waals surface area contributed by atoms with E-state index >= 15 is 0 Å². The quantitative estimate of drug-likeness (QED) is 0.689. The molecule has 2 aromatic carbocycles. The molecular weight excluding hydrogens is 354 g/mol. The molecule has 0 unspecified atom stereocenters. The summed E-state index contributed by atoms with van der Waals surface area (Å²) in [5.41, 5.74) is 2.15. The summed E-state index contributed by atoms with van der Waals surface area (Å²) in [6.07, 6.45) is 0.855. The number of carbonyl (C=O) groups excluding carboxylic acids is 1. The maximum Gasteiger partial charge on any atom is 0.265 e. The first-order valence-electron chi connectivity index (χ1n) is 8.33. The second-order valence-electron chi connectivity index (χ2n) is 5.92. The van der Waals surface area contributed by atoms with Gasteiger partial charge in [-0.1, -0.05) is 35.8 Å². The van der Waals surface area contributed by atoms with E-state index in [2.05, 4.69) is 10.1 Å². The molecule has 132 valence electrons. The van der Waals surface area contributed by atoms with Crippen LogP contribution < -0.4 is 9.64 Å². The van der Waals surface area contributed by atoms with E-state index in [4.69, 9.17) is 20.9 Å². The maximum atomic E-state index is 12.2. The van der Waals surface area contributed by atoms with Gasteiger partial charge < -0.3 is 14.2 Å². The molecule has 7 heteroatoms. The van der Waals surface area contributed by atoms with E-state index in [-0.39, 0.29) is 12.5 Å². The normalized spacial score (nSPS) is 13.5. The molecule has 0 bridgehead atoms. The minimum absolute atomic E-state index is 0.0543. The van der Waals surface area contributed by atoms with Gasteiger partial charge in [0.25, 0.3) is 11.8 Å². The van der Waals surface area contributed by atoms with E-state index in [0.29, 0.717) is 34.6 Å². The molecule has 0 saturated heterocycles. The third-order valence-corrected chi connectivity index (χ3v) is 4.47. The van der Waals surface area contributed by atoms with Gasteiger partial charge in [-0.05, 0) is 36.8 Å². The molecule has 0 N–H and O–H groups in total. The van der Waals surface area contributed by atoms with Crippen LogP contribution in [-0.4, -0.2) is 29.2 Å². The molecule has 0 spiro atoms. The summed E-state index contributed by atoms with van der Waals surface area (Å²) in [4.78, 5) is 18.3. The molecule has 3 aromatic rings. The van der Waals surface area contributed by atoms with Gasteiger partial charge in [0.2, 0.25) is 5.82 Å². The second kappa shape index (κ2) is 6.80. The summed E-state index contributed by atoms with van der Waals surface area (Å²) in [5.74, 6) is 1.40. The number of halogens is 1. The number of benzene rings is 2. The lowest BCUT2D eigenvalue weighted by molar-refractivity contribution is -0.121. The lowest BCUT2D eigenvalue weighted by atomic mass is 10.1. The highest BCUT2D eigenvalue weighted by Crippen LogP contribution is 2.36. The molecule has 1 aromatic heterocycles. The predicted molar refractivity (Wildman–Crippen MR) is 98.3 cm³/mol. The van der Waals surface area contributed by atoms with Crippen molar-refractivity contribution in [2.75, 3.05) is 18.1 Å². The van der Waals surface area contributed by atoms with Gasteiger partial charge in [-0.3, -0.25) is 4.79 Å². The van der Waals surface area contributed by atoms with Crippen molar-refractivity contribution in [3.8, 4) is 28.6 Å². The van der Waals surface area contributed by atoms with Crippen molar-refractivity contribution < 1.29 is 14.1 Å². The molecule has 0 atom stereocenters. The van der Waals surface area contributed by atoms with Crippen molar-refractivity contribution in [3.05, 3.63) is 47.5 Å². The standard InChI is InChI=1S/C19H16ClN3O3/c1-2-9-23-15-10-12(7-8-16(15)25-11-17(23)24)18-21-19(26-22-18)13-5-3-4-6-14(13)20/h3-8,10H,2,9,11H2,1H3. The largest absolute Gasteiger partial charge is 0.482 e. The SMILES string of the molecule is CCCN1C(=O)COc2ccc(-c3noc(-c4ccccc4Cl)n3)cc21. The Hall–Kier alpha value is -2.86. The topological polar surface area (TPSA) is 68.5 Å². The zero-order valence-electron chi connectivity index (χ0n) is 14.1. The van der Waals surface area contributed by atoms with E-state index in [1.807, 2.05) is 43.3 Å². The lowest BCUT2D eigenvalue weighted by Crippen LogP contribution is -2.39. The minimum Gasteiger partial charge on any atom is -0.482 e. The van der Waals surface area contributed by atoms with Crippen LogP contribution in [-0.2, 0) is 4.79 Å². The van der Waals surface area contributed by atoms with Crippen LogP contribution >= 0.6 is 11.6 Å². The Morgan fingerprint density at radius 3 is 2.88 bits per heavy atom. The highest BCUT2D eigenvalue weighted by molar-refractivity contribution is 6.33. The zero-order chi connectivity index (χ0) is 18.1. The molecule has 1 aliphatic heterocycles. The van der Waals surface area contributed by atoms with Crippen molar-refractivity contribution in [3.63, 3.8) is 0 Å². The molecule has 6 nitrogen and oxygen atoms in total. The number of anilines is 1. The van der Waals surface area contributed by atoms with Crippen LogP contribution in [0.2, 0.25) is 5.02 Å². The van der Waals surface area contributed by atoms with Crippen molar-refractivity contribution in [1.29, 1.82) is 0 Å². The Kier molecular flexibility index (Phi) is 4.34. The second-order valence-corrected chi connectivity index (χ2v) is 6.33. The molecule has 2 heterocycles. The smallest absolute Gasteiger partial charge is 0.265 e. The van der Waals surface area contributed by atoms with Crippen LogP contribution in [0.4, 0.5) is 5.69 Å². The predicted octanol–water partition coefficient (Wildman–Crippen LogP) is 4.19. The third kappa shape index (κ3) is 2.93. The monoisotopic (exact) mass is 369 g/mol. The number of aromatic nitrogens is 2. The fourth-order valence-electron chi connectivity index (χ4n) is 2.89. The fraction of sp³-hybridized carbons (Fsp3) is 0.211. The first kappa shape index (κ1) is 16.6. The Morgan fingerprint density at radius 1 is 1.23 bits per heavy atom. The average Bonchev–Trinajstić information content (AvgIpc) is 3.14. The fourth-order valence-corrected chi connectivity index (χ4v) is 3.11. The van der Waals surface area contributed by atoms with Crippen LogP contribution in [0.25, 0.3) is 22.8 Å². The van der Waals surface area contributed by atoms with Gasteiger partial charge in [-0.15, -0.1) is 0 Å². The summed E-state index contributed by atoms with van der Waals surface area (Å²) in [6.45, 7) is 2.72. The molecule has 0 radical (unpaired) electrons. The Labute approximate surface area is 155 Å². The minimum atomic E-state index is -0.0543. The molecule has 1 aliphatic rings. The molecule has 0 saturated carbocycles. The van der Waals surface area contributed by atoms with Crippen molar-refractivity contribution in [2.45, 2.75) is 13.3 Å². The van der Waals surface area contributed by atoms with Crippen LogP contribution in [0, 0.1) is 0 Å². The number of amides is 1. The van der Waals surface area contributed by atoms with Gasteiger partial charge in [0.15, 0.2) is 6.61 Å². The summed E-state index contributed by atoms with van der Waals surface area (Å²) < 4.78 is 10.9. The van der Waals surface area contributed by atoms with E-state index in [0.717, 1.165) is 17.7 Å². The Balaban J connectivity index is 1.72. The van der Waals surface area contributed by atoms with Gasteiger partial charge in [-0.25, -0.2) is 0 Å². The van der Waals surface area contributed by atoms with E-state index < -0.39 is 0 Å². The van der Waals surface area contributed by atoms with Crippen LogP contribution in [0.3, 0.4) is 0 Å². The summed E-state index contributed by atoms with van der Waals surface area (Å²) >= 11 is 6.19. The van der Waals surface area contributed by atoms with Gasteiger partial charge in [0.05, 0.1) is 16.3 Å². The van der Waals surface area contributed by atoms with E-state index in [1.54, 1.807) is 11.0 Å². The zero-order valence-corrected chi connectivity index (χ0v) is 14.9. The summed E-state index contributed by atoms with van der Waals surface area (Å²) in [5, 5.41) is 4.60. The van der Waals surface area contributed by atoms with E-state index in [1.165, 1.54) is 0 Å². The van der Waals surface area contributed by atoms with Crippen molar-refractivity contribution in [1.82, 2.24) is 10.1 Å². The van der Waals surface area contributed by atoms with E-state index in [9.17, 15) is 4.79 Å².